The lowest BCUT2D eigenvalue weighted by atomic mass is 10.1. The van der Waals surface area contributed by atoms with Gasteiger partial charge in [-0.1, -0.05) is 85.6 Å². The van der Waals surface area contributed by atoms with Gasteiger partial charge in [-0.25, -0.2) is 0 Å². The van der Waals surface area contributed by atoms with E-state index in [1.807, 2.05) is 27.7 Å². The minimum absolute atomic E-state index is 1.07. The molecule has 0 aliphatic rings. The first-order valence-electron chi connectivity index (χ1n) is 10.1. The zero-order valence-corrected chi connectivity index (χ0v) is 17.5. The van der Waals surface area contributed by atoms with Crippen LogP contribution >= 0.6 is 0 Å². The second kappa shape index (κ2) is 14.5. The molecule has 0 aliphatic carbocycles. The zero-order chi connectivity index (χ0) is 19.1. The normalized spacial score (nSPS) is 9.24. The monoisotopic (exact) mass is 340 g/mol. The average molecular weight is 341 g/mol. The molecule has 0 N–H and O–H groups in total. The average Bonchev–Trinajstić information content (AvgIpc) is 2.71. The molecule has 0 fully saturated rings. The van der Waals surface area contributed by atoms with Crippen molar-refractivity contribution < 1.29 is 4.57 Å². The summed E-state index contributed by atoms with van der Waals surface area (Å²) in [4.78, 5) is 0. The fourth-order valence-electron chi connectivity index (χ4n) is 2.47. The van der Waals surface area contributed by atoms with E-state index in [0.29, 0.717) is 0 Å². The van der Waals surface area contributed by atoms with Crippen molar-refractivity contribution in [3.63, 3.8) is 0 Å². The third-order valence-corrected chi connectivity index (χ3v) is 3.71. The summed E-state index contributed by atoms with van der Waals surface area (Å²) in [6.45, 7) is 15.7. The van der Waals surface area contributed by atoms with E-state index in [0.717, 1.165) is 13.0 Å². The Labute approximate surface area is 155 Å². The molecule has 1 nitrogen and oxygen atoms in total. The molecule has 2 aromatic carbocycles. The van der Waals surface area contributed by atoms with E-state index in [1.165, 1.54) is 34.6 Å². The van der Waals surface area contributed by atoms with Gasteiger partial charge in [0, 0.05) is 29.3 Å². The Hall–Kier alpha value is -1.89. The van der Waals surface area contributed by atoms with Gasteiger partial charge < -0.3 is 0 Å². The van der Waals surface area contributed by atoms with Gasteiger partial charge in [0.25, 0.3) is 0 Å². The highest BCUT2D eigenvalue weighted by atomic mass is 15.0. The number of aryl methyl sites for hydroxylation is 1. The minimum atomic E-state index is 1.07. The molecule has 138 valence electrons. The van der Waals surface area contributed by atoms with Crippen LogP contribution in [0.1, 0.15) is 67.7 Å². The number of hydrogen-bond acceptors (Lipinski definition) is 0. The van der Waals surface area contributed by atoms with Crippen LogP contribution in [0.25, 0.3) is 21.8 Å². The SMILES string of the molecule is CC.CC.CCCC.CCC[n+]1c2ccccc2cc2ccccc21. The maximum atomic E-state index is 2.42. The molecule has 0 bridgehead atoms. The van der Waals surface area contributed by atoms with Gasteiger partial charge in [-0.3, -0.25) is 0 Å². The van der Waals surface area contributed by atoms with E-state index in [2.05, 4.69) is 79.9 Å². The second-order valence-electron chi connectivity index (χ2n) is 5.41. The maximum Gasteiger partial charge on any atom is 0.212 e. The lowest BCUT2D eigenvalue weighted by Gasteiger charge is -2.04. The van der Waals surface area contributed by atoms with Crippen LogP contribution in [-0.4, -0.2) is 0 Å². The number of unbranched alkanes of at least 4 members (excludes halogenated alkanes) is 1. The number of rotatable bonds is 3. The van der Waals surface area contributed by atoms with Gasteiger partial charge in [-0.2, -0.15) is 4.57 Å². The van der Waals surface area contributed by atoms with Gasteiger partial charge in [0.05, 0.1) is 0 Å². The summed E-state index contributed by atoms with van der Waals surface area (Å²) in [6, 6.07) is 19.5. The van der Waals surface area contributed by atoms with E-state index < -0.39 is 0 Å². The van der Waals surface area contributed by atoms with E-state index in [-0.39, 0.29) is 0 Å². The van der Waals surface area contributed by atoms with Crippen molar-refractivity contribution in [2.24, 2.45) is 0 Å². The van der Waals surface area contributed by atoms with Crippen LogP contribution in [0.2, 0.25) is 0 Å². The number of hydrogen-bond donors (Lipinski definition) is 0. The Morgan fingerprint density at radius 1 is 0.600 bits per heavy atom. The third kappa shape index (κ3) is 6.86. The van der Waals surface area contributed by atoms with Crippen molar-refractivity contribution in [1.82, 2.24) is 0 Å². The minimum Gasteiger partial charge on any atom is -0.191 e. The predicted molar refractivity (Wildman–Crippen MR) is 115 cm³/mol. The lowest BCUT2D eigenvalue weighted by molar-refractivity contribution is -0.645. The molecule has 1 heterocycles. The molecule has 25 heavy (non-hydrogen) atoms. The Balaban J connectivity index is 0.000000625. The topological polar surface area (TPSA) is 3.88 Å². The highest BCUT2D eigenvalue weighted by Crippen LogP contribution is 2.17. The van der Waals surface area contributed by atoms with Crippen molar-refractivity contribution >= 4 is 21.8 Å². The van der Waals surface area contributed by atoms with Crippen LogP contribution in [0.15, 0.2) is 54.6 Å². The van der Waals surface area contributed by atoms with E-state index in [1.54, 1.807) is 0 Å². The van der Waals surface area contributed by atoms with Gasteiger partial charge in [0.2, 0.25) is 11.0 Å². The van der Waals surface area contributed by atoms with E-state index in [9.17, 15) is 0 Å². The van der Waals surface area contributed by atoms with Crippen molar-refractivity contribution in [1.29, 1.82) is 0 Å². The van der Waals surface area contributed by atoms with Crippen LogP contribution in [0.5, 0.6) is 0 Å². The van der Waals surface area contributed by atoms with Gasteiger partial charge in [0.1, 0.15) is 6.54 Å². The zero-order valence-electron chi connectivity index (χ0n) is 17.5. The summed E-state index contributed by atoms with van der Waals surface area (Å²) in [6.07, 6.45) is 3.79. The third-order valence-electron chi connectivity index (χ3n) is 3.71. The van der Waals surface area contributed by atoms with Crippen LogP contribution in [0.3, 0.4) is 0 Å². The summed E-state index contributed by atoms with van der Waals surface area (Å²) in [7, 11) is 0. The van der Waals surface area contributed by atoms with Gasteiger partial charge in [-0.15, -0.1) is 0 Å². The molecule has 1 heteroatoms. The Morgan fingerprint density at radius 3 is 1.36 bits per heavy atom. The van der Waals surface area contributed by atoms with E-state index in [4.69, 9.17) is 0 Å². The van der Waals surface area contributed by atoms with Crippen LogP contribution < -0.4 is 4.57 Å². The van der Waals surface area contributed by atoms with Crippen molar-refractivity contribution in [2.45, 2.75) is 74.3 Å². The highest BCUT2D eigenvalue weighted by Gasteiger charge is 2.12. The largest absolute Gasteiger partial charge is 0.212 e. The smallest absolute Gasteiger partial charge is 0.191 e. The van der Waals surface area contributed by atoms with Gasteiger partial charge >= 0.3 is 0 Å². The Morgan fingerprint density at radius 2 is 1.00 bits per heavy atom. The second-order valence-corrected chi connectivity index (χ2v) is 5.41. The molecular weight excluding hydrogens is 302 g/mol. The number of benzene rings is 2. The molecule has 0 saturated carbocycles. The van der Waals surface area contributed by atoms with Gasteiger partial charge in [0.15, 0.2) is 0 Å². The molecule has 3 aromatic rings. The van der Waals surface area contributed by atoms with Gasteiger partial charge in [-0.05, 0) is 18.2 Å². The van der Waals surface area contributed by atoms with Crippen molar-refractivity contribution in [3.8, 4) is 0 Å². The highest BCUT2D eigenvalue weighted by molar-refractivity contribution is 5.88. The molecule has 0 unspecified atom stereocenters. The molecule has 0 radical (unpaired) electrons. The van der Waals surface area contributed by atoms with Crippen molar-refractivity contribution in [3.05, 3.63) is 54.6 Å². The number of para-hydroxylation sites is 2. The predicted octanol–water partition coefficient (Wildman–Crippen LogP) is 7.55. The summed E-state index contributed by atoms with van der Waals surface area (Å²) >= 11 is 0. The number of fused-ring (bicyclic) bond motifs is 2. The fourth-order valence-corrected chi connectivity index (χ4v) is 2.47. The summed E-state index contributed by atoms with van der Waals surface area (Å²) < 4.78 is 2.42. The number of nitrogens with zero attached hydrogens (tertiary/aromatic N) is 1. The number of pyridine rings is 1. The van der Waals surface area contributed by atoms with Crippen LogP contribution in [-0.2, 0) is 6.54 Å². The molecule has 1 aromatic heterocycles. The molecule has 0 saturated heterocycles. The fraction of sp³-hybridized carbons (Fsp3) is 0.458. The molecule has 0 spiro atoms. The first kappa shape index (κ1) is 23.1. The molecule has 0 atom stereocenters. The Bertz CT molecular complexity index is 645. The van der Waals surface area contributed by atoms with Crippen LogP contribution in [0.4, 0.5) is 0 Å². The summed E-state index contributed by atoms with van der Waals surface area (Å²) in [5.41, 5.74) is 2.65. The number of aromatic nitrogens is 1. The van der Waals surface area contributed by atoms with E-state index >= 15 is 0 Å². The lowest BCUT2D eigenvalue weighted by Crippen LogP contribution is -2.35. The molecule has 0 amide bonds. The molecular formula is C24H38N+. The summed E-state index contributed by atoms with van der Waals surface area (Å²) in [5.74, 6) is 0. The van der Waals surface area contributed by atoms with Crippen LogP contribution in [0, 0.1) is 0 Å². The Kier molecular flexibility index (Phi) is 13.4. The maximum absolute atomic E-state index is 2.42. The first-order chi connectivity index (χ1) is 12.3. The summed E-state index contributed by atoms with van der Waals surface area (Å²) in [5, 5.41) is 2.64. The van der Waals surface area contributed by atoms with Crippen molar-refractivity contribution in [2.75, 3.05) is 0 Å². The molecule has 3 rings (SSSR count). The quantitative estimate of drug-likeness (QED) is 0.342. The first-order valence-corrected chi connectivity index (χ1v) is 10.1. The molecule has 0 aliphatic heterocycles. The standard InChI is InChI=1S/C16H16N.C4H10.2C2H6/c1-2-11-17-15-9-5-3-7-13(15)12-14-8-4-6-10-16(14)17;1-3-4-2;2*1-2/h3-10,12H,2,11H2,1H3;3-4H2,1-2H3;2*1-2H3/q+1;;;.